The lowest BCUT2D eigenvalue weighted by Gasteiger charge is -2.37. The maximum Gasteiger partial charge on any atom is 0.227 e. The number of benzene rings is 1. The first kappa shape index (κ1) is 24.2. The molecule has 0 saturated carbocycles. The van der Waals surface area contributed by atoms with Crippen LogP contribution in [0.5, 0.6) is 0 Å². The monoisotopic (exact) mass is 487 g/mol. The van der Waals surface area contributed by atoms with Crippen molar-refractivity contribution in [3.63, 3.8) is 0 Å². The molecule has 1 fully saturated rings. The average Bonchev–Trinajstić information content (AvgIpc) is 3.27. The fourth-order valence-electron chi connectivity index (χ4n) is 4.87. The van der Waals surface area contributed by atoms with E-state index in [1.165, 1.54) is 10.4 Å². The molecule has 2 unspecified atom stereocenters. The molecular formula is C26H34ClN3O2S. The first-order valence-electron chi connectivity index (χ1n) is 11.8. The Bertz CT molecular complexity index is 982. The van der Waals surface area contributed by atoms with Gasteiger partial charge in [0.15, 0.2) is 0 Å². The van der Waals surface area contributed by atoms with Crippen molar-refractivity contribution in [2.24, 2.45) is 11.3 Å². The Labute approximate surface area is 206 Å². The highest BCUT2D eigenvalue weighted by molar-refractivity contribution is 7.10. The van der Waals surface area contributed by atoms with E-state index >= 15 is 0 Å². The number of amides is 2. The van der Waals surface area contributed by atoms with E-state index in [1.807, 2.05) is 49.1 Å². The highest BCUT2D eigenvalue weighted by atomic mass is 35.5. The number of carbonyl (C=O) groups is 2. The molecule has 1 aromatic heterocycles. The Kier molecular flexibility index (Phi) is 7.46. The van der Waals surface area contributed by atoms with Gasteiger partial charge in [-0.1, -0.05) is 44.5 Å². The molecule has 1 aromatic carbocycles. The predicted molar refractivity (Wildman–Crippen MR) is 134 cm³/mol. The van der Waals surface area contributed by atoms with Gasteiger partial charge >= 0.3 is 0 Å². The Morgan fingerprint density at radius 1 is 1.18 bits per heavy atom. The maximum absolute atomic E-state index is 13.2. The molecule has 3 heterocycles. The molecule has 2 aliphatic heterocycles. The van der Waals surface area contributed by atoms with E-state index in [-0.39, 0.29) is 23.8 Å². The third-order valence-electron chi connectivity index (χ3n) is 6.72. The molecule has 7 heteroatoms. The van der Waals surface area contributed by atoms with Crippen molar-refractivity contribution >= 4 is 34.8 Å². The van der Waals surface area contributed by atoms with Gasteiger partial charge in [0.2, 0.25) is 11.8 Å². The van der Waals surface area contributed by atoms with Gasteiger partial charge in [0.1, 0.15) is 0 Å². The Balaban J connectivity index is 1.44. The first-order chi connectivity index (χ1) is 15.7. The molecule has 2 aromatic rings. The van der Waals surface area contributed by atoms with Gasteiger partial charge in [-0.2, -0.15) is 0 Å². The van der Waals surface area contributed by atoms with E-state index in [9.17, 15) is 9.59 Å². The topological polar surface area (TPSA) is 52.7 Å². The Morgan fingerprint density at radius 2 is 1.94 bits per heavy atom. The molecule has 1 N–H and O–H groups in total. The minimum absolute atomic E-state index is 0.0496. The van der Waals surface area contributed by atoms with Crippen LogP contribution in [-0.2, 0) is 22.6 Å². The van der Waals surface area contributed by atoms with Gasteiger partial charge in [0, 0.05) is 48.0 Å². The fourth-order valence-corrected chi connectivity index (χ4v) is 5.89. The molecule has 2 aliphatic rings. The minimum atomic E-state index is -0.424. The van der Waals surface area contributed by atoms with Crippen molar-refractivity contribution in [1.29, 1.82) is 0 Å². The SMILES string of the molecule is CC(C)(C)C(=O)N1CCCC(C(=O)NCC(c2ccc(Cl)cc2)N2CCc3sccc3C2)C1. The summed E-state index contributed by atoms with van der Waals surface area (Å²) in [5.41, 5.74) is 2.12. The van der Waals surface area contributed by atoms with Crippen molar-refractivity contribution in [2.75, 3.05) is 26.2 Å². The lowest BCUT2D eigenvalue weighted by atomic mass is 9.91. The molecular weight excluding hydrogens is 454 g/mol. The van der Waals surface area contributed by atoms with Gasteiger partial charge in [-0.25, -0.2) is 0 Å². The summed E-state index contributed by atoms with van der Waals surface area (Å²) >= 11 is 7.97. The zero-order valence-electron chi connectivity index (χ0n) is 19.8. The lowest BCUT2D eigenvalue weighted by Crippen LogP contribution is -2.49. The number of thiophene rings is 1. The van der Waals surface area contributed by atoms with E-state index in [1.54, 1.807) is 0 Å². The largest absolute Gasteiger partial charge is 0.354 e. The smallest absolute Gasteiger partial charge is 0.227 e. The maximum atomic E-state index is 13.2. The minimum Gasteiger partial charge on any atom is -0.354 e. The number of piperidine rings is 1. The number of nitrogens with zero attached hydrogens (tertiary/aromatic N) is 2. The number of hydrogen-bond acceptors (Lipinski definition) is 4. The number of fused-ring (bicyclic) bond motifs is 1. The predicted octanol–water partition coefficient (Wildman–Crippen LogP) is 4.90. The fraction of sp³-hybridized carbons (Fsp3) is 0.538. The van der Waals surface area contributed by atoms with E-state index in [0.29, 0.717) is 18.1 Å². The van der Waals surface area contributed by atoms with E-state index in [0.717, 1.165) is 44.5 Å². The summed E-state index contributed by atoms with van der Waals surface area (Å²) in [4.78, 5) is 31.7. The first-order valence-corrected chi connectivity index (χ1v) is 13.1. The highest BCUT2D eigenvalue weighted by Gasteiger charge is 2.34. The summed E-state index contributed by atoms with van der Waals surface area (Å²) in [5, 5.41) is 6.11. The second-order valence-electron chi connectivity index (χ2n) is 10.2. The van der Waals surface area contributed by atoms with Crippen LogP contribution >= 0.6 is 22.9 Å². The molecule has 0 spiro atoms. The molecule has 4 rings (SSSR count). The van der Waals surface area contributed by atoms with Crippen molar-refractivity contribution in [3.05, 3.63) is 56.7 Å². The summed E-state index contributed by atoms with van der Waals surface area (Å²) in [6.07, 6.45) is 2.73. The van der Waals surface area contributed by atoms with Crippen LogP contribution in [-0.4, -0.2) is 47.8 Å². The summed E-state index contributed by atoms with van der Waals surface area (Å²) < 4.78 is 0. The van der Waals surface area contributed by atoms with Crippen LogP contribution in [0.4, 0.5) is 0 Å². The average molecular weight is 488 g/mol. The highest BCUT2D eigenvalue weighted by Crippen LogP contribution is 2.31. The summed E-state index contributed by atoms with van der Waals surface area (Å²) in [6, 6.07) is 10.3. The standard InChI is InChI=1S/C26H34ClN3O2S/c1-26(2,3)25(32)30-12-4-5-20(17-30)24(31)28-15-22(18-6-8-21(27)9-7-18)29-13-10-23-19(16-29)11-14-33-23/h6-9,11,14,20,22H,4-5,10,12-13,15-17H2,1-3H3,(H,28,31). The summed E-state index contributed by atoms with van der Waals surface area (Å²) in [6.45, 7) is 9.46. The van der Waals surface area contributed by atoms with Crippen molar-refractivity contribution in [1.82, 2.24) is 15.1 Å². The van der Waals surface area contributed by atoms with Crippen molar-refractivity contribution < 1.29 is 9.59 Å². The lowest BCUT2D eigenvalue weighted by molar-refractivity contribution is -0.142. The Hall–Kier alpha value is -1.89. The molecule has 0 radical (unpaired) electrons. The van der Waals surface area contributed by atoms with Gasteiger partial charge in [-0.05, 0) is 54.0 Å². The van der Waals surface area contributed by atoms with Crippen LogP contribution in [0.2, 0.25) is 5.02 Å². The number of carbonyl (C=O) groups excluding carboxylic acids is 2. The Morgan fingerprint density at radius 3 is 2.67 bits per heavy atom. The van der Waals surface area contributed by atoms with Gasteiger partial charge in [0.05, 0.1) is 12.0 Å². The number of halogens is 1. The molecule has 1 saturated heterocycles. The molecule has 0 aliphatic carbocycles. The number of hydrogen-bond donors (Lipinski definition) is 1. The second-order valence-corrected chi connectivity index (χ2v) is 11.7. The van der Waals surface area contributed by atoms with Gasteiger partial charge in [-0.3, -0.25) is 14.5 Å². The molecule has 0 bridgehead atoms. The number of likely N-dealkylation sites (tertiary alicyclic amines) is 1. The van der Waals surface area contributed by atoms with E-state index < -0.39 is 5.41 Å². The van der Waals surface area contributed by atoms with Gasteiger partial charge in [0.25, 0.3) is 0 Å². The quantitative estimate of drug-likeness (QED) is 0.652. The van der Waals surface area contributed by atoms with Crippen LogP contribution in [0.25, 0.3) is 0 Å². The van der Waals surface area contributed by atoms with Gasteiger partial charge in [-0.15, -0.1) is 11.3 Å². The van der Waals surface area contributed by atoms with Crippen molar-refractivity contribution in [2.45, 2.75) is 52.6 Å². The van der Waals surface area contributed by atoms with Crippen LogP contribution in [0.3, 0.4) is 0 Å². The molecule has 33 heavy (non-hydrogen) atoms. The summed E-state index contributed by atoms with van der Waals surface area (Å²) in [5.74, 6) is 0.0216. The van der Waals surface area contributed by atoms with E-state index in [2.05, 4.69) is 33.8 Å². The normalized spacial score (nSPS) is 20.2. The van der Waals surface area contributed by atoms with Crippen LogP contribution in [0.15, 0.2) is 35.7 Å². The zero-order valence-corrected chi connectivity index (χ0v) is 21.3. The number of rotatable bonds is 5. The van der Waals surface area contributed by atoms with E-state index in [4.69, 9.17) is 11.6 Å². The molecule has 178 valence electrons. The third kappa shape index (κ3) is 5.79. The van der Waals surface area contributed by atoms with Crippen LogP contribution < -0.4 is 5.32 Å². The molecule has 5 nitrogen and oxygen atoms in total. The molecule has 2 amide bonds. The van der Waals surface area contributed by atoms with Crippen LogP contribution in [0, 0.1) is 11.3 Å². The van der Waals surface area contributed by atoms with Crippen LogP contribution in [0.1, 0.15) is 55.7 Å². The third-order valence-corrected chi connectivity index (χ3v) is 8.00. The number of nitrogens with one attached hydrogen (secondary N) is 1. The van der Waals surface area contributed by atoms with Gasteiger partial charge < -0.3 is 10.2 Å². The molecule has 2 atom stereocenters. The summed E-state index contributed by atoms with van der Waals surface area (Å²) in [7, 11) is 0. The van der Waals surface area contributed by atoms with Crippen molar-refractivity contribution in [3.8, 4) is 0 Å². The second kappa shape index (κ2) is 10.2. The zero-order chi connectivity index (χ0) is 23.6.